The molecule has 6 nitrogen and oxygen atoms in total. The first-order valence-corrected chi connectivity index (χ1v) is 11.1. The summed E-state index contributed by atoms with van der Waals surface area (Å²) in [7, 11) is -1.00. The quantitative estimate of drug-likeness (QED) is 0.598. The van der Waals surface area contributed by atoms with Crippen LogP contribution in [0.1, 0.15) is 11.1 Å². The number of nitrogens with two attached hydrogens (primary N) is 1. The molecular formula is C22H26N4O2S. The Labute approximate surface area is 173 Å². The van der Waals surface area contributed by atoms with Crippen molar-refractivity contribution in [3.8, 4) is 0 Å². The molecule has 0 bridgehead atoms. The second-order valence-electron chi connectivity index (χ2n) is 7.45. The number of hydrogen-bond donors (Lipinski definition) is 3. The lowest BCUT2D eigenvalue weighted by Gasteiger charge is -2.24. The fraction of sp³-hybridized carbons (Fsp3) is 0.318. The molecule has 1 aliphatic heterocycles. The zero-order valence-electron chi connectivity index (χ0n) is 16.5. The molecule has 0 spiro atoms. The minimum Gasteiger partial charge on any atom is -0.395 e. The molecule has 2 unspecified atom stereocenters. The lowest BCUT2D eigenvalue weighted by molar-refractivity contribution is 0.270. The molecule has 0 fully saturated rings. The molecule has 2 aromatic carbocycles. The molecule has 0 amide bonds. The first-order valence-electron chi connectivity index (χ1n) is 9.78. The average Bonchev–Trinajstić information content (AvgIpc) is 2.91. The second-order valence-corrected chi connectivity index (χ2v) is 8.99. The molecule has 0 saturated heterocycles. The Morgan fingerprint density at radius 2 is 2.10 bits per heavy atom. The summed E-state index contributed by atoms with van der Waals surface area (Å²) in [4.78, 5) is 7.99. The first-order chi connectivity index (χ1) is 14.0. The van der Waals surface area contributed by atoms with Gasteiger partial charge in [-0.05, 0) is 30.7 Å². The molecule has 0 radical (unpaired) electrons. The topological polar surface area (TPSA) is 91.5 Å². The lowest BCUT2D eigenvalue weighted by atomic mass is 10.1. The van der Waals surface area contributed by atoms with Crippen LogP contribution in [0.15, 0.2) is 53.4 Å². The van der Waals surface area contributed by atoms with E-state index in [2.05, 4.69) is 29.3 Å². The predicted molar refractivity (Wildman–Crippen MR) is 119 cm³/mol. The van der Waals surface area contributed by atoms with E-state index < -0.39 is 10.8 Å². The van der Waals surface area contributed by atoms with Gasteiger partial charge < -0.3 is 21.1 Å². The number of aliphatic hydroxyl groups excluding tert-OH is 1. The van der Waals surface area contributed by atoms with Crippen LogP contribution >= 0.6 is 0 Å². The number of fused-ring (bicyclic) bond motifs is 2. The molecule has 1 aromatic heterocycles. The third-order valence-electron chi connectivity index (χ3n) is 5.19. The lowest BCUT2D eigenvalue weighted by Crippen LogP contribution is -2.32. The number of nitrogens with zero attached hydrogens (tertiary/aromatic N) is 2. The van der Waals surface area contributed by atoms with Crippen LogP contribution in [0, 0.1) is 6.92 Å². The maximum atomic E-state index is 12.6. The Morgan fingerprint density at radius 3 is 2.93 bits per heavy atom. The number of benzene rings is 2. The van der Waals surface area contributed by atoms with Crippen molar-refractivity contribution >= 4 is 33.2 Å². The number of rotatable bonds is 5. The highest BCUT2D eigenvalue weighted by Crippen LogP contribution is 2.30. The van der Waals surface area contributed by atoms with Crippen LogP contribution < -0.4 is 16.0 Å². The van der Waals surface area contributed by atoms with Gasteiger partial charge in [-0.1, -0.05) is 29.8 Å². The zero-order valence-corrected chi connectivity index (χ0v) is 17.3. The predicted octanol–water partition coefficient (Wildman–Crippen LogP) is 2.40. The van der Waals surface area contributed by atoms with Crippen molar-refractivity contribution < 1.29 is 9.32 Å². The van der Waals surface area contributed by atoms with Crippen molar-refractivity contribution in [2.75, 3.05) is 35.7 Å². The molecule has 0 saturated carbocycles. The maximum Gasteiger partial charge on any atom is 0.131 e. The van der Waals surface area contributed by atoms with E-state index in [9.17, 15) is 9.32 Å². The van der Waals surface area contributed by atoms with Crippen LogP contribution in [0.3, 0.4) is 0 Å². The maximum absolute atomic E-state index is 12.6. The Kier molecular flexibility index (Phi) is 5.80. The van der Waals surface area contributed by atoms with Gasteiger partial charge in [0, 0.05) is 53.5 Å². The van der Waals surface area contributed by atoms with E-state index in [1.165, 1.54) is 0 Å². The number of aliphatic hydroxyl groups is 1. The van der Waals surface area contributed by atoms with E-state index in [0.29, 0.717) is 25.4 Å². The second kappa shape index (κ2) is 8.49. The smallest absolute Gasteiger partial charge is 0.131 e. The van der Waals surface area contributed by atoms with Gasteiger partial charge in [-0.3, -0.25) is 4.21 Å². The highest BCUT2D eigenvalue weighted by molar-refractivity contribution is 7.85. The molecule has 152 valence electrons. The average molecular weight is 411 g/mol. The summed E-state index contributed by atoms with van der Waals surface area (Å²) in [6, 6.07) is 15.8. The fourth-order valence-corrected chi connectivity index (χ4v) is 4.84. The Balaban J connectivity index is 1.73. The van der Waals surface area contributed by atoms with E-state index in [-0.39, 0.29) is 12.6 Å². The van der Waals surface area contributed by atoms with Gasteiger partial charge >= 0.3 is 0 Å². The van der Waals surface area contributed by atoms with E-state index in [1.54, 1.807) is 0 Å². The molecular weight excluding hydrogens is 384 g/mol. The van der Waals surface area contributed by atoms with E-state index in [4.69, 9.17) is 10.7 Å². The molecule has 7 heteroatoms. The van der Waals surface area contributed by atoms with Crippen LogP contribution in [-0.4, -0.2) is 45.8 Å². The van der Waals surface area contributed by atoms with Gasteiger partial charge in [0.2, 0.25) is 0 Å². The SMILES string of the molecule is Cc1ccc2nc(N3CCS(=O)c4ccccc4C3)cc(NCC(N)CO)c2c1. The minimum atomic E-state index is -1.00. The summed E-state index contributed by atoms with van der Waals surface area (Å²) in [6.45, 7) is 3.78. The Bertz CT molecular complexity index is 1060. The van der Waals surface area contributed by atoms with Gasteiger partial charge in [-0.25, -0.2) is 4.98 Å². The van der Waals surface area contributed by atoms with Gasteiger partial charge in [0.05, 0.1) is 22.9 Å². The van der Waals surface area contributed by atoms with Crippen molar-refractivity contribution in [3.63, 3.8) is 0 Å². The fourth-order valence-electron chi connectivity index (χ4n) is 3.58. The van der Waals surface area contributed by atoms with Crippen LogP contribution in [-0.2, 0) is 17.3 Å². The van der Waals surface area contributed by atoms with E-state index in [1.807, 2.05) is 36.4 Å². The highest BCUT2D eigenvalue weighted by atomic mass is 32.2. The number of hydrogen-bond acceptors (Lipinski definition) is 6. The van der Waals surface area contributed by atoms with Crippen LogP contribution in [0.4, 0.5) is 11.5 Å². The number of nitrogens with one attached hydrogen (secondary N) is 1. The zero-order chi connectivity index (χ0) is 20.4. The standard InChI is InChI=1S/C22H26N4O2S/c1-15-6-7-19-18(10-15)20(24-12-17(23)14-27)11-22(25-19)26-8-9-29(28)21-5-3-2-4-16(21)13-26/h2-7,10-11,17,27H,8-9,12-14,23H2,1H3,(H,24,25). The molecule has 4 rings (SSSR count). The number of aryl methyl sites for hydroxylation is 1. The van der Waals surface area contributed by atoms with Crippen LogP contribution in [0.5, 0.6) is 0 Å². The van der Waals surface area contributed by atoms with E-state index in [0.717, 1.165) is 38.4 Å². The molecule has 2 heterocycles. The van der Waals surface area contributed by atoms with Gasteiger partial charge in [-0.15, -0.1) is 0 Å². The van der Waals surface area contributed by atoms with Gasteiger partial charge in [-0.2, -0.15) is 0 Å². The summed E-state index contributed by atoms with van der Waals surface area (Å²) in [6.07, 6.45) is 0. The summed E-state index contributed by atoms with van der Waals surface area (Å²) in [5.41, 5.74) is 9.96. The summed E-state index contributed by atoms with van der Waals surface area (Å²) in [5.74, 6) is 1.41. The normalized spacial score (nSPS) is 17.6. The molecule has 0 aliphatic carbocycles. The monoisotopic (exact) mass is 410 g/mol. The van der Waals surface area contributed by atoms with Gasteiger partial charge in [0.15, 0.2) is 0 Å². The van der Waals surface area contributed by atoms with Crippen molar-refractivity contribution in [2.45, 2.75) is 24.4 Å². The largest absolute Gasteiger partial charge is 0.395 e. The van der Waals surface area contributed by atoms with Crippen molar-refractivity contribution in [3.05, 3.63) is 59.7 Å². The van der Waals surface area contributed by atoms with Crippen LogP contribution in [0.2, 0.25) is 0 Å². The van der Waals surface area contributed by atoms with Gasteiger partial charge in [0.1, 0.15) is 5.82 Å². The number of pyridine rings is 1. The molecule has 3 aromatic rings. The third kappa shape index (κ3) is 4.27. The minimum absolute atomic E-state index is 0.0728. The number of anilines is 2. The first kappa shape index (κ1) is 19.8. The van der Waals surface area contributed by atoms with E-state index >= 15 is 0 Å². The summed E-state index contributed by atoms with van der Waals surface area (Å²) in [5, 5.41) is 13.7. The molecule has 4 N–H and O–H groups in total. The molecule has 29 heavy (non-hydrogen) atoms. The number of aromatic nitrogens is 1. The van der Waals surface area contributed by atoms with Crippen molar-refractivity contribution in [1.29, 1.82) is 0 Å². The molecule has 1 aliphatic rings. The van der Waals surface area contributed by atoms with Crippen molar-refractivity contribution in [2.24, 2.45) is 5.73 Å². The third-order valence-corrected chi connectivity index (χ3v) is 6.63. The highest BCUT2D eigenvalue weighted by Gasteiger charge is 2.21. The van der Waals surface area contributed by atoms with Crippen molar-refractivity contribution in [1.82, 2.24) is 4.98 Å². The summed E-state index contributed by atoms with van der Waals surface area (Å²) < 4.78 is 12.6. The van der Waals surface area contributed by atoms with Gasteiger partial charge in [0.25, 0.3) is 0 Å². The molecule has 2 atom stereocenters. The van der Waals surface area contributed by atoms with Crippen LogP contribution in [0.25, 0.3) is 10.9 Å². The summed E-state index contributed by atoms with van der Waals surface area (Å²) >= 11 is 0. The Morgan fingerprint density at radius 1 is 1.28 bits per heavy atom. The Hall–Kier alpha value is -2.48.